The normalized spacial score (nSPS) is 11.8. The maximum atomic E-state index is 15.4. The van der Waals surface area contributed by atoms with Gasteiger partial charge in [0.2, 0.25) is 0 Å². The SMILES string of the molecule is Fc1cccc(-n2c3ccccc3c3c4c(c5ccccc5n4-c4ccccc4)c4c(c5ccccc5n4-c4ccc(-c5nc(-c6ccccc6)nc(-c6ccccc6)n5)cc4)c32)c1. The zero-order valence-corrected chi connectivity index (χ0v) is 34.3. The van der Waals surface area contributed by atoms with Crippen LogP contribution in [0.5, 0.6) is 0 Å². The highest BCUT2D eigenvalue weighted by molar-refractivity contribution is 6.40. The summed E-state index contributed by atoms with van der Waals surface area (Å²) in [4.78, 5) is 15.0. The van der Waals surface area contributed by atoms with Crippen molar-refractivity contribution in [2.75, 3.05) is 0 Å². The van der Waals surface area contributed by atoms with Crippen molar-refractivity contribution < 1.29 is 4.39 Å². The van der Waals surface area contributed by atoms with Crippen LogP contribution in [0, 0.1) is 5.82 Å². The van der Waals surface area contributed by atoms with E-state index in [1.807, 2.05) is 66.7 Å². The lowest BCUT2D eigenvalue weighted by Crippen LogP contribution is -2.00. The van der Waals surface area contributed by atoms with E-state index >= 15 is 4.39 Å². The maximum absolute atomic E-state index is 15.4. The van der Waals surface area contributed by atoms with Crippen molar-refractivity contribution >= 4 is 65.4 Å². The molecule has 0 N–H and O–H groups in total. The smallest absolute Gasteiger partial charge is 0.164 e. The van der Waals surface area contributed by atoms with Gasteiger partial charge in [0, 0.05) is 66.1 Å². The van der Waals surface area contributed by atoms with Crippen LogP contribution in [-0.4, -0.2) is 28.7 Å². The molecule has 300 valence electrons. The van der Waals surface area contributed by atoms with Crippen LogP contribution < -0.4 is 0 Å². The van der Waals surface area contributed by atoms with Crippen LogP contribution in [0.1, 0.15) is 0 Å². The van der Waals surface area contributed by atoms with Gasteiger partial charge < -0.3 is 13.7 Å². The van der Waals surface area contributed by atoms with Gasteiger partial charge in [-0.15, -0.1) is 0 Å². The number of hydrogen-bond donors (Lipinski definition) is 0. The fourth-order valence-corrected chi connectivity index (χ4v) is 9.84. The molecule has 0 unspecified atom stereocenters. The summed E-state index contributed by atoms with van der Waals surface area (Å²) in [7, 11) is 0. The number of aromatic nitrogens is 6. The number of para-hydroxylation sites is 4. The van der Waals surface area contributed by atoms with Crippen molar-refractivity contribution in [3.05, 3.63) is 218 Å². The third-order valence-electron chi connectivity index (χ3n) is 12.5. The molecule has 13 rings (SSSR count). The molecule has 6 nitrogen and oxygen atoms in total. The minimum Gasteiger partial charge on any atom is -0.308 e. The zero-order valence-electron chi connectivity index (χ0n) is 34.3. The Morgan fingerprint density at radius 2 is 0.641 bits per heavy atom. The molecule has 0 fully saturated rings. The molecule has 0 spiro atoms. The molecule has 0 aliphatic rings. The second-order valence-electron chi connectivity index (χ2n) is 16.1. The van der Waals surface area contributed by atoms with Gasteiger partial charge in [-0.3, -0.25) is 0 Å². The molecular weight excluding hydrogens is 788 g/mol. The highest BCUT2D eigenvalue weighted by atomic mass is 19.1. The topological polar surface area (TPSA) is 53.5 Å². The summed E-state index contributed by atoms with van der Waals surface area (Å²) in [6.07, 6.45) is 0. The van der Waals surface area contributed by atoms with Gasteiger partial charge in [0.1, 0.15) is 5.82 Å². The van der Waals surface area contributed by atoms with Crippen LogP contribution >= 0.6 is 0 Å². The molecule has 0 aliphatic heterocycles. The number of fused-ring (bicyclic) bond motifs is 12. The van der Waals surface area contributed by atoms with Crippen molar-refractivity contribution in [2.45, 2.75) is 0 Å². The third kappa shape index (κ3) is 5.41. The Morgan fingerprint density at radius 1 is 0.297 bits per heavy atom. The number of nitrogens with zero attached hydrogens (tertiary/aromatic N) is 6. The molecule has 0 radical (unpaired) electrons. The van der Waals surface area contributed by atoms with E-state index in [-0.39, 0.29) is 5.82 Å². The highest BCUT2D eigenvalue weighted by Gasteiger charge is 2.29. The van der Waals surface area contributed by atoms with Crippen LogP contribution in [0.25, 0.3) is 117 Å². The summed E-state index contributed by atoms with van der Waals surface area (Å²) in [6.45, 7) is 0. The van der Waals surface area contributed by atoms with Crippen LogP contribution in [0.2, 0.25) is 0 Å². The largest absolute Gasteiger partial charge is 0.308 e. The maximum Gasteiger partial charge on any atom is 0.164 e. The van der Waals surface area contributed by atoms with Gasteiger partial charge >= 0.3 is 0 Å². The van der Waals surface area contributed by atoms with Gasteiger partial charge in [-0.1, -0.05) is 140 Å². The number of rotatable bonds is 6. The molecule has 0 saturated carbocycles. The Hall–Kier alpha value is -8.68. The molecule has 0 amide bonds. The lowest BCUT2D eigenvalue weighted by Gasteiger charge is -2.14. The fourth-order valence-electron chi connectivity index (χ4n) is 9.84. The minimum absolute atomic E-state index is 0.286. The van der Waals surface area contributed by atoms with Gasteiger partial charge in [0.25, 0.3) is 0 Å². The van der Waals surface area contributed by atoms with E-state index in [9.17, 15) is 0 Å². The van der Waals surface area contributed by atoms with Gasteiger partial charge in [0.05, 0.1) is 33.1 Å². The van der Waals surface area contributed by atoms with E-state index in [1.165, 1.54) is 6.07 Å². The summed E-state index contributed by atoms with van der Waals surface area (Å²) >= 11 is 0. The number of benzene rings is 9. The first-order chi connectivity index (χ1) is 31.7. The summed E-state index contributed by atoms with van der Waals surface area (Å²) < 4.78 is 22.4. The molecule has 0 saturated heterocycles. The first-order valence-corrected chi connectivity index (χ1v) is 21.4. The monoisotopic (exact) mass is 822 g/mol. The predicted octanol–water partition coefficient (Wildman–Crippen LogP) is 14.3. The molecular formula is C57H35FN6. The molecule has 9 aromatic carbocycles. The number of halogens is 1. The molecule has 4 heterocycles. The predicted molar refractivity (Wildman–Crippen MR) is 259 cm³/mol. The van der Waals surface area contributed by atoms with Gasteiger partial charge in [-0.05, 0) is 72.8 Å². The highest BCUT2D eigenvalue weighted by Crippen LogP contribution is 2.50. The molecule has 0 bridgehead atoms. The number of hydrogen-bond acceptors (Lipinski definition) is 3. The summed E-state index contributed by atoms with van der Waals surface area (Å²) in [5.74, 6) is 1.54. The van der Waals surface area contributed by atoms with E-state index in [2.05, 4.69) is 141 Å². The van der Waals surface area contributed by atoms with E-state index in [0.29, 0.717) is 17.5 Å². The molecule has 64 heavy (non-hydrogen) atoms. The molecule has 4 aromatic heterocycles. The molecule has 7 heteroatoms. The van der Waals surface area contributed by atoms with Gasteiger partial charge in [-0.2, -0.15) is 0 Å². The quantitative estimate of drug-likeness (QED) is 0.168. The van der Waals surface area contributed by atoms with Crippen molar-refractivity contribution in [3.8, 4) is 51.2 Å². The van der Waals surface area contributed by atoms with Crippen molar-refractivity contribution in [3.63, 3.8) is 0 Å². The Kier molecular flexibility index (Phi) is 7.99. The molecule has 13 aromatic rings. The van der Waals surface area contributed by atoms with Crippen molar-refractivity contribution in [1.82, 2.24) is 28.7 Å². The van der Waals surface area contributed by atoms with Gasteiger partial charge in [-0.25, -0.2) is 19.3 Å². The van der Waals surface area contributed by atoms with E-state index in [1.54, 1.807) is 12.1 Å². The third-order valence-corrected chi connectivity index (χ3v) is 12.5. The van der Waals surface area contributed by atoms with E-state index in [0.717, 1.165) is 99.2 Å². The standard InChI is InChI=1S/C57H35FN6/c58-39-21-16-24-42(35-39)64-48-30-15-12-27-45(48)51-52-49(43-25-10-13-28-46(43)62(52)40-22-8-3-9-23-40)53-50(54(51)64)44-26-11-14-29-47(44)63(53)41-33-31-38(32-34-41)57-60-55(36-17-4-1-5-18-36)59-56(61-57)37-19-6-2-7-20-37/h1-35H. The zero-order chi connectivity index (χ0) is 42.3. The van der Waals surface area contributed by atoms with Crippen molar-refractivity contribution in [1.29, 1.82) is 0 Å². The van der Waals surface area contributed by atoms with E-state index in [4.69, 9.17) is 15.0 Å². The minimum atomic E-state index is -0.286. The average Bonchev–Trinajstić information content (AvgIpc) is 4.01. The van der Waals surface area contributed by atoms with Crippen molar-refractivity contribution in [2.24, 2.45) is 0 Å². The van der Waals surface area contributed by atoms with Gasteiger partial charge in [0.15, 0.2) is 17.5 Å². The molecule has 0 aliphatic carbocycles. The summed E-state index contributed by atoms with van der Waals surface area (Å²) in [5.41, 5.74) is 11.9. The first-order valence-electron chi connectivity index (χ1n) is 21.4. The van der Waals surface area contributed by atoms with Crippen LogP contribution in [-0.2, 0) is 0 Å². The van der Waals surface area contributed by atoms with E-state index < -0.39 is 0 Å². The second-order valence-corrected chi connectivity index (χ2v) is 16.1. The summed E-state index contributed by atoms with van der Waals surface area (Å²) in [5, 5.41) is 6.68. The summed E-state index contributed by atoms with van der Waals surface area (Å²) in [6, 6.07) is 72.1. The Bertz CT molecular complexity index is 3890. The lowest BCUT2D eigenvalue weighted by atomic mass is 10.0. The van der Waals surface area contributed by atoms with Crippen LogP contribution in [0.4, 0.5) is 4.39 Å². The average molecular weight is 823 g/mol. The fraction of sp³-hybridized carbons (Fsp3) is 0. The van der Waals surface area contributed by atoms with Crippen LogP contribution in [0.15, 0.2) is 212 Å². The Morgan fingerprint density at radius 3 is 1.08 bits per heavy atom. The van der Waals surface area contributed by atoms with Crippen LogP contribution in [0.3, 0.4) is 0 Å². The second kappa shape index (κ2) is 14.2. The Balaban J connectivity index is 1.16. The Labute approximate surface area is 366 Å². The molecule has 0 atom stereocenters. The lowest BCUT2D eigenvalue weighted by molar-refractivity contribution is 0.627. The first kappa shape index (κ1) is 36.0.